The molecule has 1 amide bonds. The van der Waals surface area contributed by atoms with Gasteiger partial charge in [0.05, 0.1) is 5.69 Å². The minimum atomic E-state index is -0.429. The van der Waals surface area contributed by atoms with Crippen molar-refractivity contribution in [3.63, 3.8) is 0 Å². The van der Waals surface area contributed by atoms with Crippen molar-refractivity contribution < 1.29 is 4.79 Å². The molecule has 0 aliphatic heterocycles. The molecule has 5 heteroatoms. The summed E-state index contributed by atoms with van der Waals surface area (Å²) < 4.78 is 0. The number of aromatic nitrogens is 1. The van der Waals surface area contributed by atoms with Crippen molar-refractivity contribution in [2.45, 2.75) is 0 Å². The molecular formula is C16H13N3OS. The van der Waals surface area contributed by atoms with Gasteiger partial charge in [-0.15, -0.1) is 11.3 Å². The molecule has 1 aromatic heterocycles. The van der Waals surface area contributed by atoms with Crippen LogP contribution in [-0.4, -0.2) is 10.9 Å². The predicted molar refractivity (Wildman–Crippen MR) is 85.8 cm³/mol. The van der Waals surface area contributed by atoms with E-state index in [1.807, 2.05) is 47.8 Å². The summed E-state index contributed by atoms with van der Waals surface area (Å²) in [7, 11) is 0. The molecule has 0 bridgehead atoms. The third-order valence-electron chi connectivity index (χ3n) is 2.99. The van der Waals surface area contributed by atoms with Crippen molar-refractivity contribution in [2.75, 3.05) is 5.32 Å². The average molecular weight is 295 g/mol. The van der Waals surface area contributed by atoms with Crippen LogP contribution in [0.1, 0.15) is 10.4 Å². The highest BCUT2D eigenvalue weighted by Gasteiger charge is 2.05. The fourth-order valence-electron chi connectivity index (χ4n) is 1.91. The number of anilines is 2. The first-order chi connectivity index (χ1) is 10.2. The van der Waals surface area contributed by atoms with Crippen molar-refractivity contribution in [3.05, 3.63) is 65.5 Å². The Kier molecular flexibility index (Phi) is 3.66. The van der Waals surface area contributed by atoms with Crippen LogP contribution in [0.25, 0.3) is 11.3 Å². The van der Waals surface area contributed by atoms with Gasteiger partial charge in [0.25, 0.3) is 0 Å². The normalized spacial score (nSPS) is 10.3. The Morgan fingerprint density at radius 1 is 1.05 bits per heavy atom. The number of benzene rings is 2. The monoisotopic (exact) mass is 295 g/mol. The lowest BCUT2D eigenvalue weighted by atomic mass is 10.2. The van der Waals surface area contributed by atoms with E-state index in [9.17, 15) is 4.79 Å². The second-order valence-corrected chi connectivity index (χ2v) is 5.33. The third kappa shape index (κ3) is 3.09. The Morgan fingerprint density at radius 2 is 1.76 bits per heavy atom. The maximum absolute atomic E-state index is 11.0. The van der Waals surface area contributed by atoms with Crippen molar-refractivity contribution in [1.82, 2.24) is 4.98 Å². The van der Waals surface area contributed by atoms with Crippen LogP contribution in [-0.2, 0) is 0 Å². The lowest BCUT2D eigenvalue weighted by Gasteiger charge is -2.03. The molecule has 0 saturated carbocycles. The Balaban J connectivity index is 1.77. The molecule has 3 aromatic rings. The Hall–Kier alpha value is -2.66. The van der Waals surface area contributed by atoms with E-state index < -0.39 is 5.91 Å². The molecule has 1 heterocycles. The maximum Gasteiger partial charge on any atom is 0.248 e. The first-order valence-electron chi connectivity index (χ1n) is 6.40. The Labute approximate surface area is 126 Å². The van der Waals surface area contributed by atoms with Gasteiger partial charge in [0, 0.05) is 22.2 Å². The number of thiazole rings is 1. The highest BCUT2D eigenvalue weighted by Crippen LogP contribution is 2.26. The number of hydrogen-bond donors (Lipinski definition) is 2. The summed E-state index contributed by atoms with van der Waals surface area (Å²) >= 11 is 1.54. The standard InChI is InChI=1S/C16H13N3OS/c17-15(20)12-6-8-13(9-7-12)18-16-19-14(10-21-16)11-4-2-1-3-5-11/h1-10H,(H2,17,20)(H,18,19). The minimum Gasteiger partial charge on any atom is -0.366 e. The number of carbonyl (C=O) groups excluding carboxylic acids is 1. The smallest absolute Gasteiger partial charge is 0.248 e. The van der Waals surface area contributed by atoms with Gasteiger partial charge in [-0.05, 0) is 24.3 Å². The largest absolute Gasteiger partial charge is 0.366 e. The molecule has 2 aromatic carbocycles. The van der Waals surface area contributed by atoms with Gasteiger partial charge in [-0.3, -0.25) is 4.79 Å². The molecule has 3 rings (SSSR count). The number of nitrogens with one attached hydrogen (secondary N) is 1. The van der Waals surface area contributed by atoms with Gasteiger partial charge in [0.15, 0.2) is 5.13 Å². The van der Waals surface area contributed by atoms with E-state index in [0.29, 0.717) is 5.56 Å². The molecule has 0 radical (unpaired) electrons. The van der Waals surface area contributed by atoms with Crippen LogP contribution >= 0.6 is 11.3 Å². The molecule has 0 saturated heterocycles. The SMILES string of the molecule is NC(=O)c1ccc(Nc2nc(-c3ccccc3)cs2)cc1. The molecule has 0 fully saturated rings. The van der Waals surface area contributed by atoms with E-state index in [4.69, 9.17) is 5.73 Å². The zero-order valence-electron chi connectivity index (χ0n) is 11.1. The quantitative estimate of drug-likeness (QED) is 0.772. The molecule has 0 spiro atoms. The van der Waals surface area contributed by atoms with Gasteiger partial charge in [0.2, 0.25) is 5.91 Å². The highest BCUT2D eigenvalue weighted by molar-refractivity contribution is 7.14. The van der Waals surface area contributed by atoms with E-state index in [2.05, 4.69) is 10.3 Å². The summed E-state index contributed by atoms with van der Waals surface area (Å²) in [5.74, 6) is -0.429. The number of carbonyl (C=O) groups is 1. The summed E-state index contributed by atoms with van der Waals surface area (Å²) in [5.41, 5.74) is 8.60. The van der Waals surface area contributed by atoms with Crippen molar-refractivity contribution in [1.29, 1.82) is 0 Å². The van der Waals surface area contributed by atoms with Crippen LogP contribution in [0.5, 0.6) is 0 Å². The van der Waals surface area contributed by atoms with Gasteiger partial charge in [0.1, 0.15) is 0 Å². The zero-order valence-corrected chi connectivity index (χ0v) is 11.9. The second kappa shape index (κ2) is 5.76. The van der Waals surface area contributed by atoms with Crippen molar-refractivity contribution in [2.24, 2.45) is 5.73 Å². The lowest BCUT2D eigenvalue weighted by molar-refractivity contribution is 0.100. The van der Waals surface area contributed by atoms with Gasteiger partial charge >= 0.3 is 0 Å². The molecule has 21 heavy (non-hydrogen) atoms. The molecular weight excluding hydrogens is 282 g/mol. The Morgan fingerprint density at radius 3 is 2.43 bits per heavy atom. The lowest BCUT2D eigenvalue weighted by Crippen LogP contribution is -2.10. The topological polar surface area (TPSA) is 68.0 Å². The van der Waals surface area contributed by atoms with Crippen LogP contribution in [0.3, 0.4) is 0 Å². The summed E-state index contributed by atoms with van der Waals surface area (Å²) in [4.78, 5) is 15.6. The van der Waals surface area contributed by atoms with Gasteiger partial charge < -0.3 is 11.1 Å². The van der Waals surface area contributed by atoms with Gasteiger partial charge in [-0.1, -0.05) is 30.3 Å². The molecule has 0 aliphatic carbocycles. The van der Waals surface area contributed by atoms with E-state index in [-0.39, 0.29) is 0 Å². The first kappa shape index (κ1) is 13.3. The molecule has 0 unspecified atom stereocenters. The molecule has 104 valence electrons. The number of nitrogens with zero attached hydrogens (tertiary/aromatic N) is 1. The zero-order chi connectivity index (χ0) is 14.7. The first-order valence-corrected chi connectivity index (χ1v) is 7.28. The third-order valence-corrected chi connectivity index (χ3v) is 3.75. The summed E-state index contributed by atoms with van der Waals surface area (Å²) in [6.45, 7) is 0. The minimum absolute atomic E-state index is 0.429. The number of rotatable bonds is 4. The van der Waals surface area contributed by atoms with E-state index in [1.165, 1.54) is 11.3 Å². The van der Waals surface area contributed by atoms with E-state index in [1.54, 1.807) is 12.1 Å². The van der Waals surface area contributed by atoms with Crippen LogP contribution in [0.2, 0.25) is 0 Å². The number of amides is 1. The number of nitrogens with two attached hydrogens (primary N) is 1. The van der Waals surface area contributed by atoms with Crippen LogP contribution < -0.4 is 11.1 Å². The highest BCUT2D eigenvalue weighted by atomic mass is 32.1. The molecule has 0 atom stereocenters. The maximum atomic E-state index is 11.0. The number of primary amides is 1. The summed E-state index contributed by atoms with van der Waals surface area (Å²) in [5, 5.41) is 6.03. The molecule has 3 N–H and O–H groups in total. The molecule has 0 aliphatic rings. The van der Waals surface area contributed by atoms with Crippen LogP contribution in [0.15, 0.2) is 60.0 Å². The summed E-state index contributed by atoms with van der Waals surface area (Å²) in [6, 6.07) is 17.0. The van der Waals surface area contributed by atoms with Gasteiger partial charge in [-0.25, -0.2) is 4.98 Å². The Bertz CT molecular complexity index is 751. The van der Waals surface area contributed by atoms with Crippen LogP contribution in [0.4, 0.5) is 10.8 Å². The number of hydrogen-bond acceptors (Lipinski definition) is 4. The molecule has 4 nitrogen and oxygen atoms in total. The van der Waals surface area contributed by atoms with Crippen molar-refractivity contribution in [3.8, 4) is 11.3 Å². The van der Waals surface area contributed by atoms with Gasteiger partial charge in [-0.2, -0.15) is 0 Å². The average Bonchev–Trinajstić information content (AvgIpc) is 2.97. The predicted octanol–water partition coefficient (Wildman–Crippen LogP) is 3.65. The summed E-state index contributed by atoms with van der Waals surface area (Å²) in [6.07, 6.45) is 0. The fourth-order valence-corrected chi connectivity index (χ4v) is 2.65. The van der Waals surface area contributed by atoms with Crippen LogP contribution in [0, 0.1) is 0 Å². The fraction of sp³-hybridized carbons (Fsp3) is 0. The van der Waals surface area contributed by atoms with E-state index in [0.717, 1.165) is 22.1 Å². The second-order valence-electron chi connectivity index (χ2n) is 4.47. The van der Waals surface area contributed by atoms with E-state index >= 15 is 0 Å². The van der Waals surface area contributed by atoms with Crippen molar-refractivity contribution >= 4 is 28.1 Å².